The number of nitrogens with zero attached hydrogens (tertiary/aromatic N) is 5. The molecule has 0 amide bonds. The first-order valence-corrected chi connectivity index (χ1v) is 6.89. The highest BCUT2D eigenvalue weighted by Gasteiger charge is 2.08. The van der Waals surface area contributed by atoms with Gasteiger partial charge in [0.15, 0.2) is 0 Å². The molecule has 0 spiro atoms. The summed E-state index contributed by atoms with van der Waals surface area (Å²) in [5.41, 5.74) is 7.44. The van der Waals surface area contributed by atoms with Crippen LogP contribution in [0.4, 0.5) is 0 Å². The Balaban J connectivity index is 2.02. The molecule has 0 fully saturated rings. The number of rotatable bonds is 7. The van der Waals surface area contributed by atoms with E-state index in [0.29, 0.717) is 19.1 Å². The van der Waals surface area contributed by atoms with E-state index in [0.717, 1.165) is 30.7 Å². The molecule has 0 unspecified atom stereocenters. The Morgan fingerprint density at radius 2 is 2.05 bits per heavy atom. The summed E-state index contributed by atoms with van der Waals surface area (Å²) in [5, 5.41) is 12.8. The van der Waals surface area contributed by atoms with Crippen molar-refractivity contribution in [1.82, 2.24) is 24.8 Å². The van der Waals surface area contributed by atoms with E-state index < -0.39 is 0 Å². The van der Waals surface area contributed by atoms with Gasteiger partial charge in [-0.15, -0.1) is 5.10 Å². The fourth-order valence-corrected chi connectivity index (χ4v) is 2.17. The first-order valence-electron chi connectivity index (χ1n) is 6.89. The molecule has 6 heteroatoms. The van der Waals surface area contributed by atoms with Crippen LogP contribution in [0.2, 0.25) is 0 Å². The number of nitrogens with two attached hydrogens (primary N) is 1. The maximum Gasteiger partial charge on any atom is 0.0867 e. The fraction of sp³-hybridized carbons (Fsp3) is 0.615. The van der Waals surface area contributed by atoms with Crippen molar-refractivity contribution in [3.05, 3.63) is 29.8 Å². The van der Waals surface area contributed by atoms with Crippen LogP contribution < -0.4 is 5.73 Å². The van der Waals surface area contributed by atoms with Gasteiger partial charge in [0.2, 0.25) is 0 Å². The van der Waals surface area contributed by atoms with Crippen molar-refractivity contribution in [2.45, 2.75) is 45.7 Å². The van der Waals surface area contributed by atoms with E-state index in [1.807, 2.05) is 27.8 Å². The van der Waals surface area contributed by atoms with E-state index in [2.05, 4.69) is 29.3 Å². The van der Waals surface area contributed by atoms with E-state index in [9.17, 15) is 0 Å². The third kappa shape index (κ3) is 3.41. The molecule has 0 bridgehead atoms. The molecule has 2 heterocycles. The van der Waals surface area contributed by atoms with Crippen LogP contribution in [0.5, 0.6) is 0 Å². The molecular formula is C13H22N6. The van der Waals surface area contributed by atoms with Gasteiger partial charge in [0.1, 0.15) is 0 Å². The summed E-state index contributed by atoms with van der Waals surface area (Å²) < 4.78 is 3.86. The second-order valence-corrected chi connectivity index (χ2v) is 4.70. The maximum absolute atomic E-state index is 5.50. The van der Waals surface area contributed by atoms with Gasteiger partial charge in [0.25, 0.3) is 0 Å². The second kappa shape index (κ2) is 6.47. The van der Waals surface area contributed by atoms with Crippen molar-refractivity contribution in [2.75, 3.05) is 6.54 Å². The molecule has 2 N–H and O–H groups in total. The fourth-order valence-electron chi connectivity index (χ4n) is 2.17. The van der Waals surface area contributed by atoms with Gasteiger partial charge >= 0.3 is 0 Å². The monoisotopic (exact) mass is 262 g/mol. The molecule has 6 nitrogen and oxygen atoms in total. The molecule has 0 atom stereocenters. The van der Waals surface area contributed by atoms with Crippen molar-refractivity contribution >= 4 is 0 Å². The van der Waals surface area contributed by atoms with Crippen molar-refractivity contribution in [3.63, 3.8) is 0 Å². The number of hydrogen-bond acceptors (Lipinski definition) is 4. The van der Waals surface area contributed by atoms with Crippen molar-refractivity contribution in [3.8, 4) is 0 Å². The van der Waals surface area contributed by atoms with Crippen molar-refractivity contribution < 1.29 is 0 Å². The summed E-state index contributed by atoms with van der Waals surface area (Å²) in [4.78, 5) is 0. The summed E-state index contributed by atoms with van der Waals surface area (Å²) >= 11 is 0. The Morgan fingerprint density at radius 3 is 2.74 bits per heavy atom. The van der Waals surface area contributed by atoms with E-state index in [-0.39, 0.29) is 0 Å². The Hall–Kier alpha value is -1.69. The minimum absolute atomic E-state index is 0.484. The van der Waals surface area contributed by atoms with Crippen LogP contribution in [0.3, 0.4) is 0 Å². The topological polar surface area (TPSA) is 74.5 Å². The zero-order valence-electron chi connectivity index (χ0n) is 11.7. The first-order chi connectivity index (χ1) is 9.26. The van der Waals surface area contributed by atoms with Crippen LogP contribution in [0.1, 0.15) is 44.1 Å². The molecule has 0 aliphatic heterocycles. The SMILES string of the molecule is CCC(CC)n1ccc(Cn2cc(CCN)nn2)n1. The molecule has 2 aromatic heterocycles. The van der Waals surface area contributed by atoms with Crippen LogP contribution in [0.25, 0.3) is 0 Å². The number of hydrogen-bond donors (Lipinski definition) is 1. The van der Waals surface area contributed by atoms with Crippen molar-refractivity contribution in [1.29, 1.82) is 0 Å². The minimum atomic E-state index is 0.484. The van der Waals surface area contributed by atoms with Gasteiger partial charge in [-0.2, -0.15) is 5.10 Å². The lowest BCUT2D eigenvalue weighted by atomic mass is 10.2. The summed E-state index contributed by atoms with van der Waals surface area (Å²) in [6.07, 6.45) is 6.94. The lowest BCUT2D eigenvalue weighted by molar-refractivity contribution is 0.423. The largest absolute Gasteiger partial charge is 0.330 e. The Morgan fingerprint density at radius 1 is 1.26 bits per heavy atom. The predicted molar refractivity (Wildman–Crippen MR) is 73.7 cm³/mol. The average molecular weight is 262 g/mol. The molecular weight excluding hydrogens is 240 g/mol. The quantitative estimate of drug-likeness (QED) is 0.818. The van der Waals surface area contributed by atoms with E-state index in [1.165, 1.54) is 0 Å². The molecule has 0 aromatic carbocycles. The van der Waals surface area contributed by atoms with Gasteiger partial charge in [-0.25, -0.2) is 4.68 Å². The lowest BCUT2D eigenvalue weighted by Crippen LogP contribution is -2.09. The molecule has 2 rings (SSSR count). The van der Waals surface area contributed by atoms with E-state index >= 15 is 0 Å². The maximum atomic E-state index is 5.50. The Labute approximate surface area is 113 Å². The van der Waals surface area contributed by atoms with Crippen LogP contribution in [-0.2, 0) is 13.0 Å². The highest BCUT2D eigenvalue weighted by molar-refractivity contribution is 5.02. The average Bonchev–Trinajstić information content (AvgIpc) is 3.02. The molecule has 0 saturated carbocycles. The van der Waals surface area contributed by atoms with Crippen LogP contribution in [0, 0.1) is 0 Å². The zero-order valence-corrected chi connectivity index (χ0v) is 11.7. The molecule has 0 aliphatic carbocycles. The summed E-state index contributed by atoms with van der Waals surface area (Å²) in [7, 11) is 0. The van der Waals surface area contributed by atoms with Crippen LogP contribution in [0.15, 0.2) is 18.5 Å². The van der Waals surface area contributed by atoms with Crippen molar-refractivity contribution in [2.24, 2.45) is 5.73 Å². The minimum Gasteiger partial charge on any atom is -0.330 e. The van der Waals surface area contributed by atoms with E-state index in [4.69, 9.17) is 5.73 Å². The van der Waals surface area contributed by atoms with Gasteiger partial charge in [-0.1, -0.05) is 19.1 Å². The smallest absolute Gasteiger partial charge is 0.0867 e. The summed E-state index contributed by atoms with van der Waals surface area (Å²) in [6.45, 7) is 5.63. The molecule has 2 aromatic rings. The highest BCUT2D eigenvalue weighted by atomic mass is 15.4. The first kappa shape index (κ1) is 13.7. The normalized spacial score (nSPS) is 11.4. The third-order valence-corrected chi connectivity index (χ3v) is 3.29. The van der Waals surface area contributed by atoms with Gasteiger partial charge in [-0.05, 0) is 25.5 Å². The standard InChI is InChI=1S/C13H22N6/c1-3-13(4-2)19-8-6-12(16-19)10-18-9-11(5-7-14)15-17-18/h6,8-9,13H,3-5,7,10,14H2,1-2H3. The molecule has 104 valence electrons. The van der Waals surface area contributed by atoms with Gasteiger partial charge < -0.3 is 5.73 Å². The zero-order chi connectivity index (χ0) is 13.7. The summed E-state index contributed by atoms with van der Waals surface area (Å²) in [5.74, 6) is 0. The third-order valence-electron chi connectivity index (χ3n) is 3.29. The molecule has 0 aliphatic rings. The van der Waals surface area contributed by atoms with Gasteiger partial charge in [0.05, 0.1) is 24.0 Å². The predicted octanol–water partition coefficient (Wildman–Crippen LogP) is 1.39. The molecule has 0 saturated heterocycles. The Kier molecular flexibility index (Phi) is 4.68. The lowest BCUT2D eigenvalue weighted by Gasteiger charge is -2.12. The van der Waals surface area contributed by atoms with Gasteiger partial charge in [-0.3, -0.25) is 4.68 Å². The summed E-state index contributed by atoms with van der Waals surface area (Å²) in [6, 6.07) is 2.53. The highest BCUT2D eigenvalue weighted by Crippen LogP contribution is 2.14. The number of aromatic nitrogens is 5. The van der Waals surface area contributed by atoms with Gasteiger partial charge in [0, 0.05) is 18.8 Å². The molecule has 0 radical (unpaired) electrons. The Bertz CT molecular complexity index is 497. The second-order valence-electron chi connectivity index (χ2n) is 4.70. The van der Waals surface area contributed by atoms with E-state index in [1.54, 1.807) is 0 Å². The van der Waals surface area contributed by atoms with Crippen LogP contribution >= 0.6 is 0 Å². The van der Waals surface area contributed by atoms with Crippen LogP contribution in [-0.4, -0.2) is 31.3 Å². The molecule has 19 heavy (non-hydrogen) atoms.